The second kappa shape index (κ2) is 6.83. The summed E-state index contributed by atoms with van der Waals surface area (Å²) in [6.45, 7) is 1.13. The van der Waals surface area contributed by atoms with Crippen LogP contribution in [0.1, 0.15) is 37.7 Å². The number of methoxy groups -OCH3 is 1. The van der Waals surface area contributed by atoms with E-state index in [2.05, 4.69) is 30.6 Å². The first kappa shape index (κ1) is 14.9. The van der Waals surface area contributed by atoms with Crippen LogP contribution >= 0.6 is 0 Å². The van der Waals surface area contributed by atoms with Crippen LogP contribution in [-0.4, -0.2) is 20.7 Å². The first-order chi connectivity index (χ1) is 10.3. The largest absolute Gasteiger partial charge is 0.497 e. The molecule has 4 unspecified atom stereocenters. The van der Waals surface area contributed by atoms with E-state index in [1.807, 2.05) is 6.07 Å². The topological polar surface area (TPSA) is 21.3 Å². The first-order valence-electron chi connectivity index (χ1n) is 8.56. The van der Waals surface area contributed by atoms with E-state index in [0.29, 0.717) is 0 Å². The van der Waals surface area contributed by atoms with Gasteiger partial charge in [-0.1, -0.05) is 18.6 Å². The second-order valence-corrected chi connectivity index (χ2v) is 7.15. The lowest BCUT2D eigenvalue weighted by molar-refractivity contribution is 0.263. The average Bonchev–Trinajstić information content (AvgIpc) is 3.10. The van der Waals surface area contributed by atoms with Crippen molar-refractivity contribution in [2.75, 3.05) is 20.7 Å². The minimum Gasteiger partial charge on any atom is -0.497 e. The number of nitrogens with one attached hydrogen (secondary N) is 1. The fourth-order valence-electron chi connectivity index (χ4n) is 4.75. The molecule has 0 radical (unpaired) electrons. The van der Waals surface area contributed by atoms with Gasteiger partial charge in [-0.05, 0) is 87.1 Å². The lowest BCUT2D eigenvalue weighted by Gasteiger charge is -2.27. The van der Waals surface area contributed by atoms with Crippen molar-refractivity contribution in [1.29, 1.82) is 0 Å². The maximum absolute atomic E-state index is 5.35. The van der Waals surface area contributed by atoms with Crippen LogP contribution in [0.5, 0.6) is 5.75 Å². The molecule has 2 aliphatic rings. The summed E-state index contributed by atoms with van der Waals surface area (Å²) in [7, 11) is 3.83. The quantitative estimate of drug-likeness (QED) is 0.821. The Morgan fingerprint density at radius 1 is 1.29 bits per heavy atom. The maximum Gasteiger partial charge on any atom is 0.119 e. The molecule has 0 saturated heterocycles. The highest BCUT2D eigenvalue weighted by Crippen LogP contribution is 2.50. The van der Waals surface area contributed by atoms with Gasteiger partial charge in [0, 0.05) is 0 Å². The van der Waals surface area contributed by atoms with Gasteiger partial charge < -0.3 is 10.1 Å². The third-order valence-electron chi connectivity index (χ3n) is 5.67. The molecule has 2 heteroatoms. The van der Waals surface area contributed by atoms with Crippen molar-refractivity contribution < 1.29 is 4.74 Å². The zero-order valence-corrected chi connectivity index (χ0v) is 13.5. The summed E-state index contributed by atoms with van der Waals surface area (Å²) in [5, 5.41) is 3.40. The highest BCUT2D eigenvalue weighted by Gasteiger charge is 2.39. The van der Waals surface area contributed by atoms with E-state index in [1.165, 1.54) is 44.1 Å². The summed E-state index contributed by atoms with van der Waals surface area (Å²) in [6.07, 6.45) is 8.61. The van der Waals surface area contributed by atoms with Gasteiger partial charge in [0.2, 0.25) is 0 Å². The van der Waals surface area contributed by atoms with Gasteiger partial charge in [0.05, 0.1) is 7.11 Å². The molecule has 2 fully saturated rings. The number of ether oxygens (including phenoxy) is 1. The van der Waals surface area contributed by atoms with Gasteiger partial charge in [-0.15, -0.1) is 0 Å². The molecule has 3 rings (SSSR count). The van der Waals surface area contributed by atoms with Gasteiger partial charge in [-0.25, -0.2) is 0 Å². The van der Waals surface area contributed by atoms with Gasteiger partial charge in [0.1, 0.15) is 5.75 Å². The van der Waals surface area contributed by atoms with Crippen molar-refractivity contribution in [2.24, 2.45) is 23.7 Å². The lowest BCUT2D eigenvalue weighted by atomic mass is 9.80. The molecule has 2 nitrogen and oxygen atoms in total. The third-order valence-corrected chi connectivity index (χ3v) is 5.67. The van der Waals surface area contributed by atoms with E-state index < -0.39 is 0 Å². The highest BCUT2D eigenvalue weighted by molar-refractivity contribution is 5.28. The van der Waals surface area contributed by atoms with Gasteiger partial charge in [0.15, 0.2) is 0 Å². The Morgan fingerprint density at radius 3 is 2.86 bits per heavy atom. The molecule has 2 bridgehead atoms. The maximum atomic E-state index is 5.35. The van der Waals surface area contributed by atoms with Crippen LogP contribution in [0.3, 0.4) is 0 Å². The summed E-state index contributed by atoms with van der Waals surface area (Å²) in [4.78, 5) is 0. The van der Waals surface area contributed by atoms with Crippen LogP contribution in [0.15, 0.2) is 24.3 Å². The van der Waals surface area contributed by atoms with Crippen LogP contribution < -0.4 is 10.1 Å². The Bertz CT molecular complexity index is 459. The van der Waals surface area contributed by atoms with E-state index in [9.17, 15) is 0 Å². The minimum absolute atomic E-state index is 0.756. The van der Waals surface area contributed by atoms with E-state index in [4.69, 9.17) is 4.74 Å². The smallest absolute Gasteiger partial charge is 0.119 e. The fraction of sp³-hybridized carbons (Fsp3) is 0.684. The summed E-state index contributed by atoms with van der Waals surface area (Å²) < 4.78 is 5.35. The Balaban J connectivity index is 1.61. The molecule has 0 amide bonds. The summed E-state index contributed by atoms with van der Waals surface area (Å²) in [5.41, 5.74) is 1.41. The lowest BCUT2D eigenvalue weighted by Crippen LogP contribution is -2.25. The number of fused-ring (bicyclic) bond motifs is 2. The van der Waals surface area contributed by atoms with Gasteiger partial charge in [-0.3, -0.25) is 0 Å². The summed E-state index contributed by atoms with van der Waals surface area (Å²) in [6, 6.07) is 8.59. The number of rotatable bonds is 7. The fourth-order valence-corrected chi connectivity index (χ4v) is 4.75. The van der Waals surface area contributed by atoms with Crippen LogP contribution in [0, 0.1) is 23.7 Å². The Kier molecular flexibility index (Phi) is 4.84. The normalized spacial score (nSPS) is 28.8. The highest BCUT2D eigenvalue weighted by atomic mass is 16.5. The van der Waals surface area contributed by atoms with Gasteiger partial charge in [-0.2, -0.15) is 0 Å². The molecule has 1 aromatic rings. The number of benzene rings is 1. The zero-order chi connectivity index (χ0) is 14.7. The summed E-state index contributed by atoms with van der Waals surface area (Å²) in [5.74, 6) is 4.83. The first-order valence-corrected chi connectivity index (χ1v) is 8.56. The molecule has 21 heavy (non-hydrogen) atoms. The molecule has 2 aliphatic carbocycles. The monoisotopic (exact) mass is 287 g/mol. The predicted molar refractivity (Wildman–Crippen MR) is 87.7 cm³/mol. The molecule has 0 aliphatic heterocycles. The van der Waals surface area contributed by atoms with Crippen molar-refractivity contribution in [1.82, 2.24) is 5.32 Å². The van der Waals surface area contributed by atoms with Crippen LogP contribution in [0.4, 0.5) is 0 Å². The van der Waals surface area contributed by atoms with E-state index >= 15 is 0 Å². The van der Waals surface area contributed by atoms with Crippen LogP contribution in [0.25, 0.3) is 0 Å². The van der Waals surface area contributed by atoms with Crippen molar-refractivity contribution in [3.8, 4) is 5.75 Å². The molecule has 4 atom stereocenters. The van der Waals surface area contributed by atoms with E-state index in [1.54, 1.807) is 7.11 Å². The second-order valence-electron chi connectivity index (χ2n) is 7.15. The van der Waals surface area contributed by atoms with Gasteiger partial charge in [0.25, 0.3) is 0 Å². The molecule has 2 saturated carbocycles. The molecule has 0 aromatic heterocycles. The molecular weight excluding hydrogens is 258 g/mol. The summed E-state index contributed by atoms with van der Waals surface area (Å²) >= 11 is 0. The Hall–Kier alpha value is -1.02. The van der Waals surface area contributed by atoms with Crippen molar-refractivity contribution in [2.45, 2.75) is 38.5 Å². The van der Waals surface area contributed by atoms with E-state index in [0.717, 1.165) is 36.0 Å². The van der Waals surface area contributed by atoms with Crippen LogP contribution in [0.2, 0.25) is 0 Å². The minimum atomic E-state index is 0.756. The Labute approximate surface area is 129 Å². The van der Waals surface area contributed by atoms with Crippen molar-refractivity contribution in [3.63, 3.8) is 0 Å². The van der Waals surface area contributed by atoms with Crippen molar-refractivity contribution in [3.05, 3.63) is 29.8 Å². The predicted octanol–water partition coefficient (Wildman–Crippen LogP) is 3.90. The molecule has 0 spiro atoms. The Morgan fingerprint density at radius 2 is 2.19 bits per heavy atom. The number of hydrogen-bond acceptors (Lipinski definition) is 2. The molecule has 1 aromatic carbocycles. The van der Waals surface area contributed by atoms with Crippen molar-refractivity contribution >= 4 is 0 Å². The van der Waals surface area contributed by atoms with Gasteiger partial charge >= 0.3 is 0 Å². The number of hydrogen-bond donors (Lipinski definition) is 1. The third kappa shape index (κ3) is 3.60. The standard InChI is InChI=1S/C19H29NO/c1-20-13-16(8-14-4-3-5-19(12-14)21-2)11-18-10-15-6-7-17(18)9-15/h3-5,12,15-18,20H,6-11,13H2,1-2H3. The van der Waals surface area contributed by atoms with Crippen LogP contribution in [-0.2, 0) is 6.42 Å². The SMILES string of the molecule is CNCC(Cc1cccc(OC)c1)CC1CC2CCC1C2. The molecule has 1 N–H and O–H groups in total. The average molecular weight is 287 g/mol. The molecule has 116 valence electrons. The molecule has 0 heterocycles. The zero-order valence-electron chi connectivity index (χ0n) is 13.5. The van der Waals surface area contributed by atoms with E-state index in [-0.39, 0.29) is 0 Å². The molecular formula is C19H29NO.